The summed E-state index contributed by atoms with van der Waals surface area (Å²) in [4.78, 5) is 35.9. The largest absolute Gasteiger partial charge is 0.326 e. The van der Waals surface area contributed by atoms with Gasteiger partial charge in [-0.2, -0.15) is 5.10 Å². The number of ketones is 1. The van der Waals surface area contributed by atoms with Gasteiger partial charge in [-0.1, -0.05) is 47.6 Å². The molecule has 1 aliphatic heterocycles. The molecule has 0 spiro atoms. The van der Waals surface area contributed by atoms with Gasteiger partial charge in [0.25, 0.3) is 0 Å². The van der Waals surface area contributed by atoms with E-state index in [2.05, 4.69) is 20.8 Å². The summed E-state index contributed by atoms with van der Waals surface area (Å²) in [5, 5.41) is 13.9. The highest BCUT2D eigenvalue weighted by molar-refractivity contribution is 8.15. The van der Waals surface area contributed by atoms with Gasteiger partial charge in [0, 0.05) is 22.7 Å². The first-order valence-corrected chi connectivity index (χ1v) is 10.3. The highest BCUT2D eigenvalue weighted by Crippen LogP contribution is 2.23. The zero-order chi connectivity index (χ0) is 21.7. The molecule has 1 atom stereocenters. The predicted octanol–water partition coefficient (Wildman–Crippen LogP) is 3.88. The zero-order valence-electron chi connectivity index (χ0n) is 16.3. The van der Waals surface area contributed by atoms with Crippen molar-refractivity contribution in [2.45, 2.75) is 25.5 Å². The highest BCUT2D eigenvalue weighted by Gasteiger charge is 2.32. The first-order chi connectivity index (χ1) is 14.3. The third kappa shape index (κ3) is 5.77. The molecule has 1 heterocycles. The monoisotopic (exact) mass is 442 g/mol. The Morgan fingerprint density at radius 2 is 1.87 bits per heavy atom. The Morgan fingerprint density at radius 3 is 2.57 bits per heavy atom. The minimum Gasteiger partial charge on any atom is -0.326 e. The molecular weight excluding hydrogens is 424 g/mol. The molecule has 1 fully saturated rings. The smallest absolute Gasteiger partial charge is 0.240 e. The summed E-state index contributed by atoms with van der Waals surface area (Å²) in [5.41, 5.74) is 2.54. The first kappa shape index (κ1) is 21.7. The Hall–Kier alpha value is -2.97. The van der Waals surface area contributed by atoms with Crippen LogP contribution < -0.4 is 10.6 Å². The van der Waals surface area contributed by atoms with Gasteiger partial charge in [0.1, 0.15) is 5.25 Å². The number of nitrogens with zero attached hydrogens (tertiary/aromatic N) is 2. The minimum absolute atomic E-state index is 0.0281. The maximum Gasteiger partial charge on any atom is 0.240 e. The number of hydrogen-bond donors (Lipinski definition) is 2. The van der Waals surface area contributed by atoms with Crippen molar-refractivity contribution < 1.29 is 14.4 Å². The van der Waals surface area contributed by atoms with E-state index in [9.17, 15) is 14.4 Å². The lowest BCUT2D eigenvalue weighted by atomic mass is 10.1. The Labute approximate surface area is 183 Å². The average molecular weight is 443 g/mol. The van der Waals surface area contributed by atoms with Gasteiger partial charge >= 0.3 is 0 Å². The van der Waals surface area contributed by atoms with Crippen molar-refractivity contribution in [3.63, 3.8) is 0 Å². The number of rotatable bonds is 6. The summed E-state index contributed by atoms with van der Waals surface area (Å²) in [5.74, 6) is -0.719. The second-order valence-electron chi connectivity index (χ2n) is 6.58. The molecule has 0 bridgehead atoms. The maximum absolute atomic E-state index is 12.3. The van der Waals surface area contributed by atoms with E-state index in [4.69, 9.17) is 11.6 Å². The van der Waals surface area contributed by atoms with Crippen LogP contribution in [0.15, 0.2) is 58.7 Å². The topological polar surface area (TPSA) is 100.0 Å². The SMILES string of the molecule is CC(=O)c1cccc(NC(=O)C[C@H]2S/C(=N/N=C(/C)c3ccc(Cl)cc3)NC2=O)c1. The van der Waals surface area contributed by atoms with Crippen LogP contribution in [-0.2, 0) is 9.59 Å². The Balaban J connectivity index is 1.60. The first-order valence-electron chi connectivity index (χ1n) is 9.08. The fraction of sp³-hybridized carbons (Fsp3) is 0.190. The summed E-state index contributed by atoms with van der Waals surface area (Å²) in [6.45, 7) is 3.26. The van der Waals surface area contributed by atoms with Crippen LogP contribution in [0, 0.1) is 0 Å². The predicted molar refractivity (Wildman–Crippen MR) is 120 cm³/mol. The molecule has 0 aliphatic carbocycles. The van der Waals surface area contributed by atoms with Crippen LogP contribution in [0.2, 0.25) is 5.02 Å². The molecule has 2 aromatic carbocycles. The second kappa shape index (κ2) is 9.69. The lowest BCUT2D eigenvalue weighted by Gasteiger charge is -2.08. The van der Waals surface area contributed by atoms with E-state index in [1.807, 2.05) is 12.1 Å². The number of nitrogens with one attached hydrogen (secondary N) is 2. The van der Waals surface area contributed by atoms with Gasteiger partial charge in [0.2, 0.25) is 11.8 Å². The van der Waals surface area contributed by atoms with E-state index < -0.39 is 5.25 Å². The van der Waals surface area contributed by atoms with Gasteiger partial charge < -0.3 is 10.6 Å². The Morgan fingerprint density at radius 1 is 1.13 bits per heavy atom. The van der Waals surface area contributed by atoms with Crippen LogP contribution in [0.1, 0.15) is 36.2 Å². The lowest BCUT2D eigenvalue weighted by Crippen LogP contribution is -2.28. The zero-order valence-corrected chi connectivity index (χ0v) is 17.9. The van der Waals surface area contributed by atoms with Crippen molar-refractivity contribution in [3.05, 3.63) is 64.7 Å². The molecule has 7 nitrogen and oxygen atoms in total. The number of carbonyl (C=O) groups excluding carboxylic acids is 3. The van der Waals surface area contributed by atoms with Crippen molar-refractivity contribution in [2.24, 2.45) is 10.2 Å². The van der Waals surface area contributed by atoms with Crippen LogP contribution in [0.4, 0.5) is 5.69 Å². The summed E-state index contributed by atoms with van der Waals surface area (Å²) in [6, 6.07) is 13.8. The molecule has 1 saturated heterocycles. The van der Waals surface area contributed by atoms with Gasteiger partial charge in [-0.25, -0.2) is 0 Å². The van der Waals surface area contributed by atoms with Gasteiger partial charge in [0.15, 0.2) is 11.0 Å². The molecule has 2 N–H and O–H groups in total. The number of hydrogen-bond acceptors (Lipinski definition) is 6. The van der Waals surface area contributed by atoms with Crippen LogP contribution in [-0.4, -0.2) is 33.7 Å². The van der Waals surface area contributed by atoms with E-state index in [1.165, 1.54) is 6.92 Å². The quantitative estimate of drug-likeness (QED) is 0.402. The third-order valence-electron chi connectivity index (χ3n) is 4.25. The molecule has 0 unspecified atom stereocenters. The maximum atomic E-state index is 12.3. The third-order valence-corrected chi connectivity index (χ3v) is 5.58. The summed E-state index contributed by atoms with van der Waals surface area (Å²) >= 11 is 7.03. The molecule has 0 aromatic heterocycles. The molecule has 30 heavy (non-hydrogen) atoms. The highest BCUT2D eigenvalue weighted by atomic mass is 35.5. The second-order valence-corrected chi connectivity index (χ2v) is 8.21. The molecule has 154 valence electrons. The number of amidine groups is 1. The van der Waals surface area contributed by atoms with Gasteiger partial charge in [0.05, 0.1) is 5.71 Å². The van der Waals surface area contributed by atoms with Crippen molar-refractivity contribution in [1.82, 2.24) is 5.32 Å². The standard InChI is InChI=1S/C21H19ClN4O3S/c1-12(14-6-8-16(22)9-7-14)25-26-21-24-20(29)18(30-21)11-19(28)23-17-5-3-4-15(10-17)13(2)27/h3-10,18H,11H2,1-2H3,(H,23,28)(H,24,26,29)/b25-12-/t18-/m1/s1. The van der Waals surface area contributed by atoms with Crippen molar-refractivity contribution in [1.29, 1.82) is 0 Å². The van der Waals surface area contributed by atoms with E-state index in [-0.39, 0.29) is 24.0 Å². The number of halogens is 1. The number of thioether (sulfide) groups is 1. The van der Waals surface area contributed by atoms with Crippen LogP contribution >= 0.6 is 23.4 Å². The number of anilines is 1. The lowest BCUT2D eigenvalue weighted by molar-refractivity contribution is -0.122. The fourth-order valence-corrected chi connectivity index (χ4v) is 3.70. The van der Waals surface area contributed by atoms with Crippen molar-refractivity contribution in [3.8, 4) is 0 Å². The van der Waals surface area contributed by atoms with E-state index >= 15 is 0 Å². The van der Waals surface area contributed by atoms with Crippen molar-refractivity contribution in [2.75, 3.05) is 5.32 Å². The normalized spacial score (nSPS) is 17.7. The molecule has 2 amide bonds. The molecular formula is C21H19ClN4O3S. The average Bonchev–Trinajstić information content (AvgIpc) is 3.06. The van der Waals surface area contributed by atoms with Crippen LogP contribution in [0.5, 0.6) is 0 Å². The summed E-state index contributed by atoms with van der Waals surface area (Å²) in [7, 11) is 0. The summed E-state index contributed by atoms with van der Waals surface area (Å²) in [6.07, 6.45) is -0.0281. The fourth-order valence-electron chi connectivity index (χ4n) is 2.65. The number of amides is 2. The van der Waals surface area contributed by atoms with Gasteiger partial charge in [-0.05, 0) is 43.7 Å². The molecule has 9 heteroatoms. The minimum atomic E-state index is -0.606. The molecule has 0 radical (unpaired) electrons. The number of Topliss-reactive ketones (excluding diaryl/α,β-unsaturated/α-hetero) is 1. The number of carbonyl (C=O) groups is 3. The van der Waals surface area contributed by atoms with Gasteiger partial charge in [-0.3, -0.25) is 14.4 Å². The Bertz CT molecular complexity index is 1050. The van der Waals surface area contributed by atoms with E-state index in [0.29, 0.717) is 27.2 Å². The molecule has 3 rings (SSSR count). The summed E-state index contributed by atoms with van der Waals surface area (Å²) < 4.78 is 0. The number of benzene rings is 2. The van der Waals surface area contributed by atoms with Crippen molar-refractivity contribution >= 4 is 57.5 Å². The van der Waals surface area contributed by atoms with Gasteiger partial charge in [-0.15, -0.1) is 5.10 Å². The van der Waals surface area contributed by atoms with Crippen LogP contribution in [0.25, 0.3) is 0 Å². The molecule has 0 saturated carbocycles. The Kier molecular flexibility index (Phi) is 7.02. The van der Waals surface area contributed by atoms with Crippen LogP contribution in [0.3, 0.4) is 0 Å². The molecule has 2 aromatic rings. The van der Waals surface area contributed by atoms with E-state index in [0.717, 1.165) is 17.3 Å². The molecule has 1 aliphatic rings. The van der Waals surface area contributed by atoms with E-state index in [1.54, 1.807) is 43.3 Å².